The molecule has 6 nitrogen and oxygen atoms in total. The number of carbonyl (C=O) groups excluding carboxylic acids is 2. The van der Waals surface area contributed by atoms with Gasteiger partial charge in [0.2, 0.25) is 0 Å². The number of benzene rings is 1. The minimum absolute atomic E-state index is 0.211. The van der Waals surface area contributed by atoms with Gasteiger partial charge in [-0.3, -0.25) is 4.79 Å². The molecule has 0 spiro atoms. The van der Waals surface area contributed by atoms with Crippen LogP contribution in [0.3, 0.4) is 0 Å². The highest BCUT2D eigenvalue weighted by molar-refractivity contribution is 5.99. The normalized spacial score (nSPS) is 11.5. The second-order valence-corrected chi connectivity index (χ2v) is 3.84. The summed E-state index contributed by atoms with van der Waals surface area (Å²) in [7, 11) is 1.24. The number of carboxylic acid groups (broad SMARTS) is 1. The Morgan fingerprint density at radius 1 is 1.32 bits per heavy atom. The van der Waals surface area contributed by atoms with Crippen molar-refractivity contribution in [1.29, 1.82) is 0 Å². The van der Waals surface area contributed by atoms with Crippen molar-refractivity contribution in [1.82, 2.24) is 5.32 Å². The van der Waals surface area contributed by atoms with Gasteiger partial charge in [0.25, 0.3) is 5.91 Å². The molecule has 0 aliphatic heterocycles. The van der Waals surface area contributed by atoms with E-state index in [1.807, 2.05) is 0 Å². The van der Waals surface area contributed by atoms with E-state index in [2.05, 4.69) is 10.1 Å². The highest BCUT2D eigenvalue weighted by Crippen LogP contribution is 2.07. The van der Waals surface area contributed by atoms with Gasteiger partial charge in [-0.05, 0) is 24.6 Å². The maximum absolute atomic E-state index is 11.9. The Bertz CT molecular complexity index is 498. The summed E-state index contributed by atoms with van der Waals surface area (Å²) in [6.45, 7) is 1.66. The van der Waals surface area contributed by atoms with E-state index in [9.17, 15) is 14.4 Å². The molecule has 1 aromatic rings. The number of hydrogen-bond acceptors (Lipinski definition) is 4. The van der Waals surface area contributed by atoms with E-state index in [0.29, 0.717) is 0 Å². The molecule has 19 heavy (non-hydrogen) atoms. The number of rotatable bonds is 5. The molecule has 0 aromatic heterocycles. The van der Waals surface area contributed by atoms with Crippen LogP contribution >= 0.6 is 0 Å². The van der Waals surface area contributed by atoms with Gasteiger partial charge >= 0.3 is 11.9 Å². The fraction of sp³-hybridized carbons (Fsp3) is 0.308. The van der Waals surface area contributed by atoms with Gasteiger partial charge in [-0.1, -0.05) is 13.0 Å². The number of nitrogens with one attached hydrogen (secondary N) is 1. The first-order chi connectivity index (χ1) is 8.99. The molecule has 0 aliphatic carbocycles. The van der Waals surface area contributed by atoms with Gasteiger partial charge < -0.3 is 15.2 Å². The number of aliphatic carboxylic acids is 1. The van der Waals surface area contributed by atoms with E-state index in [0.717, 1.165) is 0 Å². The van der Waals surface area contributed by atoms with Crippen molar-refractivity contribution in [2.75, 3.05) is 7.11 Å². The predicted octanol–water partition coefficient (Wildman–Crippen LogP) is 1.07. The van der Waals surface area contributed by atoms with Gasteiger partial charge in [0, 0.05) is 5.56 Å². The van der Waals surface area contributed by atoms with Crippen LogP contribution < -0.4 is 5.32 Å². The molecule has 0 bridgehead atoms. The van der Waals surface area contributed by atoms with Crippen molar-refractivity contribution in [2.24, 2.45) is 0 Å². The van der Waals surface area contributed by atoms with Crippen molar-refractivity contribution in [2.45, 2.75) is 19.4 Å². The lowest BCUT2D eigenvalue weighted by Gasteiger charge is -2.12. The maximum Gasteiger partial charge on any atom is 0.337 e. The van der Waals surface area contributed by atoms with Crippen LogP contribution in [0.2, 0.25) is 0 Å². The zero-order valence-corrected chi connectivity index (χ0v) is 10.7. The van der Waals surface area contributed by atoms with Crippen molar-refractivity contribution in [3.8, 4) is 0 Å². The molecule has 1 aromatic carbocycles. The van der Waals surface area contributed by atoms with Crippen LogP contribution in [0, 0.1) is 0 Å². The molecule has 2 N–H and O–H groups in total. The number of amides is 1. The first kappa shape index (κ1) is 14.7. The average Bonchev–Trinajstić information content (AvgIpc) is 2.43. The zero-order valence-electron chi connectivity index (χ0n) is 10.7. The van der Waals surface area contributed by atoms with Crippen LogP contribution in [0.15, 0.2) is 24.3 Å². The Morgan fingerprint density at radius 3 is 2.47 bits per heavy atom. The summed E-state index contributed by atoms with van der Waals surface area (Å²) in [4.78, 5) is 34.0. The highest BCUT2D eigenvalue weighted by atomic mass is 16.5. The number of ether oxygens (including phenoxy) is 1. The number of esters is 1. The van der Waals surface area contributed by atoms with Crippen molar-refractivity contribution >= 4 is 17.8 Å². The van der Waals surface area contributed by atoms with Gasteiger partial charge in [-0.2, -0.15) is 0 Å². The largest absolute Gasteiger partial charge is 0.480 e. The van der Waals surface area contributed by atoms with Crippen LogP contribution in [0.4, 0.5) is 0 Å². The van der Waals surface area contributed by atoms with E-state index >= 15 is 0 Å². The molecule has 6 heteroatoms. The summed E-state index contributed by atoms with van der Waals surface area (Å²) in [6.07, 6.45) is 0.276. The first-order valence-corrected chi connectivity index (χ1v) is 5.71. The van der Waals surface area contributed by atoms with Crippen molar-refractivity contribution in [3.05, 3.63) is 35.4 Å². The molecule has 0 radical (unpaired) electrons. The monoisotopic (exact) mass is 265 g/mol. The lowest BCUT2D eigenvalue weighted by atomic mass is 10.1. The Balaban J connectivity index is 2.88. The van der Waals surface area contributed by atoms with Crippen molar-refractivity contribution in [3.63, 3.8) is 0 Å². The third-order valence-electron chi connectivity index (χ3n) is 2.56. The standard InChI is InChI=1S/C13H15NO5/c1-3-10(12(16)17)14-11(15)8-5-4-6-9(7-8)13(18)19-2/h4-7,10H,3H2,1-2H3,(H,14,15)(H,16,17)/t10-/m0/s1. The van der Waals surface area contributed by atoms with Gasteiger partial charge in [-0.25, -0.2) is 9.59 Å². The number of carboxylic acids is 1. The average molecular weight is 265 g/mol. The molecule has 0 fully saturated rings. The zero-order chi connectivity index (χ0) is 14.4. The minimum Gasteiger partial charge on any atom is -0.480 e. The van der Waals surface area contributed by atoms with Crippen molar-refractivity contribution < 1.29 is 24.2 Å². The Labute approximate surface area is 110 Å². The molecule has 1 amide bonds. The fourth-order valence-corrected chi connectivity index (χ4v) is 1.49. The second-order valence-electron chi connectivity index (χ2n) is 3.84. The van der Waals surface area contributed by atoms with E-state index in [1.54, 1.807) is 6.92 Å². The summed E-state index contributed by atoms with van der Waals surface area (Å²) in [5, 5.41) is 11.2. The molecule has 0 aliphatic rings. The Hall–Kier alpha value is -2.37. The fourth-order valence-electron chi connectivity index (χ4n) is 1.49. The van der Waals surface area contributed by atoms with E-state index in [-0.39, 0.29) is 17.5 Å². The molecule has 0 saturated carbocycles. The van der Waals surface area contributed by atoms with E-state index in [4.69, 9.17) is 5.11 Å². The lowest BCUT2D eigenvalue weighted by Crippen LogP contribution is -2.40. The number of carbonyl (C=O) groups is 3. The Kier molecular flexibility index (Phi) is 5.05. The number of methoxy groups -OCH3 is 1. The third kappa shape index (κ3) is 3.80. The maximum atomic E-state index is 11.9. The second kappa shape index (κ2) is 6.53. The molecule has 0 heterocycles. The molecule has 0 unspecified atom stereocenters. The number of hydrogen-bond donors (Lipinski definition) is 2. The molecule has 102 valence electrons. The first-order valence-electron chi connectivity index (χ1n) is 5.71. The van der Waals surface area contributed by atoms with Crippen LogP contribution in [0.25, 0.3) is 0 Å². The van der Waals surface area contributed by atoms with Gasteiger partial charge in [0.1, 0.15) is 6.04 Å². The molecular formula is C13H15NO5. The van der Waals surface area contributed by atoms with Gasteiger partial charge in [-0.15, -0.1) is 0 Å². The van der Waals surface area contributed by atoms with Crippen LogP contribution in [-0.4, -0.2) is 36.1 Å². The molecule has 0 saturated heterocycles. The summed E-state index contributed by atoms with van der Waals surface area (Å²) in [5.74, 6) is -2.19. The lowest BCUT2D eigenvalue weighted by molar-refractivity contribution is -0.139. The summed E-state index contributed by atoms with van der Waals surface area (Å²) in [6, 6.07) is 4.95. The SMILES string of the molecule is CC[C@H](NC(=O)c1cccc(C(=O)OC)c1)C(=O)O. The van der Waals surface area contributed by atoms with E-state index in [1.165, 1.54) is 31.4 Å². The quantitative estimate of drug-likeness (QED) is 0.777. The predicted molar refractivity (Wildman–Crippen MR) is 67.0 cm³/mol. The molecule has 1 atom stereocenters. The Morgan fingerprint density at radius 2 is 1.95 bits per heavy atom. The smallest absolute Gasteiger partial charge is 0.337 e. The highest BCUT2D eigenvalue weighted by Gasteiger charge is 2.19. The van der Waals surface area contributed by atoms with Crippen LogP contribution in [0.5, 0.6) is 0 Å². The molecule has 1 rings (SSSR count). The molecular weight excluding hydrogens is 250 g/mol. The summed E-state index contributed by atoms with van der Waals surface area (Å²) >= 11 is 0. The topological polar surface area (TPSA) is 92.7 Å². The van der Waals surface area contributed by atoms with Crippen LogP contribution in [0.1, 0.15) is 34.1 Å². The van der Waals surface area contributed by atoms with E-state index < -0.39 is 23.9 Å². The van der Waals surface area contributed by atoms with Gasteiger partial charge in [0.05, 0.1) is 12.7 Å². The van der Waals surface area contributed by atoms with Crippen LogP contribution in [-0.2, 0) is 9.53 Å². The third-order valence-corrected chi connectivity index (χ3v) is 2.56. The summed E-state index contributed by atoms with van der Waals surface area (Å²) in [5.41, 5.74) is 0.445. The van der Waals surface area contributed by atoms with Gasteiger partial charge in [0.15, 0.2) is 0 Å². The summed E-state index contributed by atoms with van der Waals surface area (Å²) < 4.78 is 4.55. The minimum atomic E-state index is -1.10.